The van der Waals surface area contributed by atoms with E-state index in [0.29, 0.717) is 28.2 Å². The Hall–Kier alpha value is -2.91. The molecule has 0 spiro atoms. The van der Waals surface area contributed by atoms with E-state index in [1.807, 2.05) is 16.7 Å². The number of rotatable bonds is 9. The number of thiophene rings is 1. The van der Waals surface area contributed by atoms with E-state index in [-0.39, 0.29) is 11.7 Å². The number of allylic oxidation sites excluding steroid dienone is 1. The molecule has 4 rings (SSSR count). The predicted molar refractivity (Wildman–Crippen MR) is 141 cm³/mol. The molecule has 0 radical (unpaired) electrons. The number of aryl methyl sites for hydroxylation is 1. The van der Waals surface area contributed by atoms with Gasteiger partial charge in [0, 0.05) is 17.0 Å². The van der Waals surface area contributed by atoms with Crippen molar-refractivity contribution < 1.29 is 14.3 Å². The van der Waals surface area contributed by atoms with Gasteiger partial charge in [0.2, 0.25) is 5.91 Å². The summed E-state index contributed by atoms with van der Waals surface area (Å²) in [5, 5.41) is 12.9. The summed E-state index contributed by atoms with van der Waals surface area (Å²) in [6, 6.07) is 8.30. The average molecular weight is 511 g/mol. The van der Waals surface area contributed by atoms with Gasteiger partial charge in [0.1, 0.15) is 5.00 Å². The number of ether oxygens (including phenoxy) is 1. The highest BCUT2D eigenvalue weighted by Gasteiger charge is 2.27. The zero-order valence-electron chi connectivity index (χ0n) is 20.3. The zero-order chi connectivity index (χ0) is 24.9. The van der Waals surface area contributed by atoms with Crippen LogP contribution in [0.1, 0.15) is 59.0 Å². The number of carbonyl (C=O) groups is 2. The van der Waals surface area contributed by atoms with Gasteiger partial charge in [0.05, 0.1) is 18.4 Å². The molecule has 184 valence electrons. The number of fused-ring (bicyclic) bond motifs is 1. The highest BCUT2D eigenvalue weighted by atomic mass is 32.2. The van der Waals surface area contributed by atoms with E-state index in [2.05, 4.69) is 48.1 Å². The molecule has 0 aliphatic heterocycles. The first-order valence-corrected chi connectivity index (χ1v) is 13.5. The molecule has 7 nitrogen and oxygen atoms in total. The Morgan fingerprint density at radius 1 is 1.23 bits per heavy atom. The van der Waals surface area contributed by atoms with Gasteiger partial charge in [-0.25, -0.2) is 4.79 Å². The van der Waals surface area contributed by atoms with E-state index in [9.17, 15) is 9.59 Å². The van der Waals surface area contributed by atoms with Gasteiger partial charge in [0.25, 0.3) is 0 Å². The van der Waals surface area contributed by atoms with Gasteiger partial charge < -0.3 is 10.1 Å². The van der Waals surface area contributed by atoms with Crippen molar-refractivity contribution >= 4 is 40.0 Å². The predicted octanol–water partition coefficient (Wildman–Crippen LogP) is 5.71. The fourth-order valence-corrected chi connectivity index (χ4v) is 6.23. The molecule has 0 atom stereocenters. The van der Waals surface area contributed by atoms with E-state index in [1.54, 1.807) is 6.08 Å². The number of thioether (sulfide) groups is 1. The van der Waals surface area contributed by atoms with Gasteiger partial charge in [0.15, 0.2) is 11.0 Å². The van der Waals surface area contributed by atoms with Crippen molar-refractivity contribution in [3.63, 3.8) is 0 Å². The van der Waals surface area contributed by atoms with Crippen molar-refractivity contribution in [2.24, 2.45) is 0 Å². The van der Waals surface area contributed by atoms with E-state index in [4.69, 9.17) is 4.74 Å². The second-order valence-electron chi connectivity index (χ2n) is 8.73. The molecular weight excluding hydrogens is 480 g/mol. The fraction of sp³-hybridized carbons (Fsp3) is 0.385. The summed E-state index contributed by atoms with van der Waals surface area (Å²) in [4.78, 5) is 26.5. The summed E-state index contributed by atoms with van der Waals surface area (Å²) in [7, 11) is 1.37. The molecule has 1 N–H and O–H groups in total. The number of methoxy groups -OCH3 is 1. The van der Waals surface area contributed by atoms with E-state index in [1.165, 1.54) is 40.6 Å². The van der Waals surface area contributed by atoms with Crippen LogP contribution in [0.5, 0.6) is 0 Å². The van der Waals surface area contributed by atoms with Gasteiger partial charge in [-0.15, -0.1) is 28.1 Å². The summed E-state index contributed by atoms with van der Waals surface area (Å²) in [5.41, 5.74) is 3.76. The molecule has 2 heterocycles. The number of benzene rings is 1. The topological polar surface area (TPSA) is 86.1 Å². The van der Waals surface area contributed by atoms with Crippen LogP contribution in [0.4, 0.5) is 5.00 Å². The first kappa shape index (κ1) is 25.2. The summed E-state index contributed by atoms with van der Waals surface area (Å²) in [6.45, 7) is 8.71. The Bertz CT molecular complexity index is 1230. The second-order valence-corrected chi connectivity index (χ2v) is 10.8. The lowest BCUT2D eigenvalue weighted by atomic mass is 9.95. The van der Waals surface area contributed by atoms with Crippen LogP contribution >= 0.6 is 23.1 Å². The lowest BCUT2D eigenvalue weighted by Gasteiger charge is -2.11. The SMILES string of the molecule is C=CCn1c(SCC(=O)Nc2sc3c(c2C(=O)OC)CCCC3)nnc1-c1ccc(C(C)C)cc1. The van der Waals surface area contributed by atoms with Gasteiger partial charge in [-0.1, -0.05) is 56.0 Å². The third kappa shape index (κ3) is 5.51. The second kappa shape index (κ2) is 11.2. The summed E-state index contributed by atoms with van der Waals surface area (Å²) >= 11 is 2.79. The molecule has 0 fully saturated rings. The standard InChI is InChI=1S/C26H30N4O3S2/c1-5-14-30-23(18-12-10-17(11-13-18)16(2)3)28-29-26(30)34-15-21(31)27-24-22(25(32)33-4)19-8-6-7-9-20(19)35-24/h5,10-13,16H,1,6-9,14-15H2,2-4H3,(H,27,31). The molecule has 2 aromatic heterocycles. The molecule has 3 aromatic rings. The van der Waals surface area contributed by atoms with Crippen LogP contribution in [-0.4, -0.2) is 39.5 Å². The van der Waals surface area contributed by atoms with E-state index < -0.39 is 5.97 Å². The molecule has 0 saturated heterocycles. The van der Waals surface area contributed by atoms with Crippen LogP contribution in [-0.2, 0) is 28.9 Å². The van der Waals surface area contributed by atoms with Crippen LogP contribution in [0.3, 0.4) is 0 Å². The van der Waals surface area contributed by atoms with Crippen molar-refractivity contribution in [2.75, 3.05) is 18.2 Å². The van der Waals surface area contributed by atoms with Crippen LogP contribution in [0, 0.1) is 0 Å². The average Bonchev–Trinajstić information content (AvgIpc) is 3.43. The van der Waals surface area contributed by atoms with Gasteiger partial charge >= 0.3 is 5.97 Å². The molecule has 0 unspecified atom stereocenters. The van der Waals surface area contributed by atoms with Crippen molar-refractivity contribution in [1.29, 1.82) is 0 Å². The molecule has 9 heteroatoms. The van der Waals surface area contributed by atoms with Crippen molar-refractivity contribution in [3.05, 3.63) is 58.5 Å². The largest absolute Gasteiger partial charge is 0.465 e. The first-order valence-electron chi connectivity index (χ1n) is 11.7. The molecule has 0 bridgehead atoms. The number of anilines is 1. The van der Waals surface area contributed by atoms with Gasteiger partial charge in [-0.05, 0) is 42.7 Å². The van der Waals surface area contributed by atoms with Crippen LogP contribution in [0.15, 0.2) is 42.1 Å². The monoisotopic (exact) mass is 510 g/mol. The highest BCUT2D eigenvalue weighted by molar-refractivity contribution is 7.99. The maximum absolute atomic E-state index is 12.9. The molecule has 35 heavy (non-hydrogen) atoms. The Balaban J connectivity index is 1.49. The Kier molecular flexibility index (Phi) is 8.07. The van der Waals surface area contributed by atoms with Gasteiger partial charge in [-0.3, -0.25) is 9.36 Å². The van der Waals surface area contributed by atoms with Crippen molar-refractivity contribution in [3.8, 4) is 11.4 Å². The number of aromatic nitrogens is 3. The fourth-order valence-electron chi connectivity index (χ4n) is 4.18. The Morgan fingerprint density at radius 2 is 1.97 bits per heavy atom. The smallest absolute Gasteiger partial charge is 0.341 e. The molecule has 1 aromatic carbocycles. The molecular formula is C26H30N4O3S2. The summed E-state index contributed by atoms with van der Waals surface area (Å²) in [6.07, 6.45) is 5.70. The zero-order valence-corrected chi connectivity index (χ0v) is 21.9. The normalized spacial score (nSPS) is 12.9. The number of nitrogens with one attached hydrogen (secondary N) is 1. The van der Waals surface area contributed by atoms with E-state index >= 15 is 0 Å². The third-order valence-corrected chi connectivity index (χ3v) is 8.18. The minimum Gasteiger partial charge on any atom is -0.465 e. The lowest BCUT2D eigenvalue weighted by Crippen LogP contribution is -2.17. The minimum atomic E-state index is -0.397. The highest BCUT2D eigenvalue weighted by Crippen LogP contribution is 2.38. The summed E-state index contributed by atoms with van der Waals surface area (Å²) < 4.78 is 6.96. The molecule has 1 aliphatic rings. The number of hydrogen-bond acceptors (Lipinski definition) is 7. The number of hydrogen-bond donors (Lipinski definition) is 1. The van der Waals surface area contributed by atoms with Crippen LogP contribution in [0.25, 0.3) is 11.4 Å². The van der Waals surface area contributed by atoms with E-state index in [0.717, 1.165) is 42.6 Å². The minimum absolute atomic E-state index is 0.144. The summed E-state index contributed by atoms with van der Waals surface area (Å²) in [5.74, 6) is 0.737. The van der Waals surface area contributed by atoms with Crippen LogP contribution < -0.4 is 5.32 Å². The first-order chi connectivity index (χ1) is 16.9. The van der Waals surface area contributed by atoms with Crippen LogP contribution in [0.2, 0.25) is 0 Å². The number of esters is 1. The molecule has 0 saturated carbocycles. The maximum atomic E-state index is 12.9. The van der Waals surface area contributed by atoms with Crippen molar-refractivity contribution in [1.82, 2.24) is 14.8 Å². The van der Waals surface area contributed by atoms with Gasteiger partial charge in [-0.2, -0.15) is 0 Å². The molecule has 1 amide bonds. The Morgan fingerprint density at radius 3 is 2.66 bits per heavy atom. The number of nitrogens with zero attached hydrogens (tertiary/aromatic N) is 3. The quantitative estimate of drug-likeness (QED) is 0.225. The number of amides is 1. The van der Waals surface area contributed by atoms with Crippen molar-refractivity contribution in [2.45, 2.75) is 57.1 Å². The lowest BCUT2D eigenvalue weighted by molar-refractivity contribution is -0.113. The number of carbonyl (C=O) groups excluding carboxylic acids is 2. The third-order valence-electron chi connectivity index (χ3n) is 6.01. The molecule has 1 aliphatic carbocycles. The maximum Gasteiger partial charge on any atom is 0.341 e. The Labute approximate surface area is 214 Å².